The Morgan fingerprint density at radius 3 is 2.66 bits per heavy atom. The van der Waals surface area contributed by atoms with Crippen LogP contribution < -0.4 is 27.7 Å². The number of benzene rings is 1. The first-order valence-electron chi connectivity index (χ1n) is 13.0. The number of anilines is 1. The van der Waals surface area contributed by atoms with Crippen molar-refractivity contribution in [3.05, 3.63) is 51.9 Å². The molecule has 1 aromatic carbocycles. The molecule has 8 N–H and O–H groups in total. The lowest BCUT2D eigenvalue weighted by Gasteiger charge is -2.24. The van der Waals surface area contributed by atoms with Crippen molar-refractivity contribution in [3.63, 3.8) is 0 Å². The van der Waals surface area contributed by atoms with Crippen molar-refractivity contribution < 1.29 is 26.6 Å². The number of rotatable bonds is 13. The highest BCUT2D eigenvalue weighted by Gasteiger charge is 2.37. The molecule has 16 heteroatoms. The van der Waals surface area contributed by atoms with Crippen LogP contribution in [0.25, 0.3) is 11.0 Å². The lowest BCUT2D eigenvalue weighted by molar-refractivity contribution is -0.138. The fourth-order valence-corrected chi connectivity index (χ4v) is 5.16. The molecule has 0 unspecified atom stereocenters. The molecule has 0 saturated carbocycles. The van der Waals surface area contributed by atoms with Crippen molar-refractivity contribution in [3.8, 4) is 0 Å². The first kappa shape index (κ1) is 30.1. The van der Waals surface area contributed by atoms with E-state index in [-0.39, 0.29) is 55.5 Å². The molecule has 1 fully saturated rings. The van der Waals surface area contributed by atoms with E-state index in [9.17, 15) is 26.7 Å². The van der Waals surface area contributed by atoms with Crippen LogP contribution in [0.2, 0.25) is 0 Å². The normalized spacial score (nSPS) is 17.3. The molecule has 3 heterocycles. The van der Waals surface area contributed by atoms with Crippen LogP contribution in [0.15, 0.2) is 40.2 Å². The highest BCUT2D eigenvalue weighted by atomic mass is 32.3. The zero-order chi connectivity index (χ0) is 29.6. The van der Waals surface area contributed by atoms with Crippen LogP contribution in [0.4, 0.5) is 9.83 Å². The Kier molecular flexibility index (Phi) is 9.69. The molecule has 3 aromatic rings. The Morgan fingerprint density at radius 2 is 1.93 bits per heavy atom. The van der Waals surface area contributed by atoms with Gasteiger partial charge in [-0.1, -0.05) is 12.1 Å². The van der Waals surface area contributed by atoms with Crippen LogP contribution in [0.3, 0.4) is 0 Å². The summed E-state index contributed by atoms with van der Waals surface area (Å²) in [5, 5.41) is 6.40. The summed E-state index contributed by atoms with van der Waals surface area (Å²) >= 11 is 0. The minimum atomic E-state index is -4.78. The smallest absolute Gasteiger partial charge is 0.332 e. The van der Waals surface area contributed by atoms with Gasteiger partial charge in [-0.2, -0.15) is 13.4 Å². The number of nitrogens with one attached hydrogen (secondary N) is 4. The van der Waals surface area contributed by atoms with Gasteiger partial charge < -0.3 is 36.7 Å². The largest absolute Gasteiger partial charge is 0.378 e. The van der Waals surface area contributed by atoms with Crippen LogP contribution in [0.5, 0.6) is 0 Å². The molecule has 14 nitrogen and oxygen atoms in total. The third-order valence-corrected chi connectivity index (χ3v) is 7.55. The standard InChI is InChI=1S/C25H33FN8O6S/c26-41(38,39)18-4-1-15(2-5-18)3-6-20(35)34-14-17(27)11-19(34)23(36)30-8-10-40-9-7-29-12-16-13-31-22-21(16)24(37)33-25(28)32-22/h1-2,4-5,13,17,19,29H,3,6-12,14,27H2,(H,30,36)(H4,28,31,32,33,37)/t17-,19-/m0/s1. The topological polar surface area (TPSA) is 218 Å². The van der Waals surface area contributed by atoms with Crippen LogP contribution >= 0.6 is 0 Å². The summed E-state index contributed by atoms with van der Waals surface area (Å²) in [5.74, 6) is -0.524. The average Bonchev–Trinajstić information content (AvgIpc) is 3.52. The minimum Gasteiger partial charge on any atom is -0.378 e. The zero-order valence-corrected chi connectivity index (χ0v) is 23.0. The Balaban J connectivity index is 1.14. The van der Waals surface area contributed by atoms with Gasteiger partial charge in [0.25, 0.3) is 5.56 Å². The molecule has 0 aliphatic carbocycles. The maximum atomic E-state index is 13.1. The summed E-state index contributed by atoms with van der Waals surface area (Å²) in [5.41, 5.74) is 13.1. The number of aryl methyl sites for hydroxylation is 1. The number of amides is 2. The molecule has 41 heavy (non-hydrogen) atoms. The van der Waals surface area contributed by atoms with Crippen molar-refractivity contribution in [2.75, 3.05) is 38.6 Å². The summed E-state index contributed by atoms with van der Waals surface area (Å²) in [6.45, 7) is 2.07. The van der Waals surface area contributed by atoms with Crippen molar-refractivity contribution in [1.29, 1.82) is 0 Å². The van der Waals surface area contributed by atoms with Crippen LogP contribution in [-0.2, 0) is 37.5 Å². The van der Waals surface area contributed by atoms with E-state index in [0.29, 0.717) is 49.1 Å². The number of halogens is 1. The quantitative estimate of drug-likeness (QED) is 0.108. The highest BCUT2D eigenvalue weighted by molar-refractivity contribution is 7.86. The Bertz CT molecular complexity index is 1540. The number of aromatic amines is 2. The fraction of sp³-hybridized carbons (Fsp3) is 0.440. The number of nitrogens with two attached hydrogens (primary N) is 2. The van der Waals surface area contributed by atoms with E-state index in [0.717, 1.165) is 17.7 Å². The SMILES string of the molecule is Nc1nc2[nH]cc(CNCCOCCNC(=O)[C@@H]3C[C@H](N)CN3C(=O)CCc3ccc(S(=O)(=O)F)cc3)c2c(=O)[nH]1. The first-order chi connectivity index (χ1) is 19.5. The lowest BCUT2D eigenvalue weighted by atomic mass is 10.1. The number of H-pyrrole nitrogens is 2. The van der Waals surface area contributed by atoms with Gasteiger partial charge in [0.15, 0.2) is 0 Å². The first-order valence-corrected chi connectivity index (χ1v) is 14.4. The number of hydrogen-bond donors (Lipinski definition) is 6. The minimum absolute atomic E-state index is 0.0419. The molecule has 1 aliphatic rings. The van der Waals surface area contributed by atoms with Crippen molar-refractivity contribution in [2.45, 2.75) is 42.8 Å². The molecule has 2 atom stereocenters. The van der Waals surface area contributed by atoms with Gasteiger partial charge in [-0.3, -0.25) is 19.4 Å². The maximum Gasteiger partial charge on any atom is 0.332 e. The second-order valence-corrected chi connectivity index (χ2v) is 11.1. The van der Waals surface area contributed by atoms with E-state index in [1.54, 1.807) is 6.20 Å². The van der Waals surface area contributed by atoms with Gasteiger partial charge in [0.05, 0.1) is 23.5 Å². The Hall–Kier alpha value is -3.86. The predicted molar refractivity (Wildman–Crippen MR) is 148 cm³/mol. The second kappa shape index (κ2) is 13.2. The molecule has 2 amide bonds. The van der Waals surface area contributed by atoms with Crippen LogP contribution in [0, 0.1) is 0 Å². The van der Waals surface area contributed by atoms with Crippen molar-refractivity contribution in [2.24, 2.45) is 5.73 Å². The molecule has 1 aliphatic heterocycles. The van der Waals surface area contributed by atoms with E-state index in [1.807, 2.05) is 0 Å². The molecule has 222 valence electrons. The number of nitrogens with zero attached hydrogens (tertiary/aromatic N) is 2. The number of carbonyl (C=O) groups is 2. The van der Waals surface area contributed by atoms with Gasteiger partial charge in [0.2, 0.25) is 17.8 Å². The Labute approximate surface area is 235 Å². The van der Waals surface area contributed by atoms with E-state index < -0.39 is 21.2 Å². The summed E-state index contributed by atoms with van der Waals surface area (Å²) in [7, 11) is -4.78. The summed E-state index contributed by atoms with van der Waals surface area (Å²) in [6, 6.07) is 4.18. The number of likely N-dealkylation sites (tertiary alicyclic amines) is 1. The molecule has 0 bridgehead atoms. The number of carbonyl (C=O) groups excluding carboxylic acids is 2. The molecule has 4 rings (SSSR count). The van der Waals surface area contributed by atoms with Gasteiger partial charge in [0.1, 0.15) is 11.7 Å². The molecular formula is C25H33FN8O6S. The summed E-state index contributed by atoms with van der Waals surface area (Å²) in [6.07, 6.45) is 2.42. The van der Waals surface area contributed by atoms with E-state index in [1.165, 1.54) is 17.0 Å². The molecule has 0 radical (unpaired) electrons. The molecule has 0 spiro atoms. The van der Waals surface area contributed by atoms with Gasteiger partial charge in [0, 0.05) is 44.8 Å². The Morgan fingerprint density at radius 1 is 1.20 bits per heavy atom. The number of hydrogen-bond acceptors (Lipinski definition) is 10. The molecule has 2 aromatic heterocycles. The number of aromatic nitrogens is 3. The van der Waals surface area contributed by atoms with Gasteiger partial charge in [-0.15, -0.1) is 3.89 Å². The summed E-state index contributed by atoms with van der Waals surface area (Å²) < 4.78 is 40.5. The van der Waals surface area contributed by atoms with Crippen LogP contribution in [-0.4, -0.2) is 85.0 Å². The number of ether oxygens (including phenoxy) is 1. The predicted octanol–water partition coefficient (Wildman–Crippen LogP) is -0.725. The lowest BCUT2D eigenvalue weighted by Crippen LogP contribution is -2.46. The number of nitrogen functional groups attached to an aromatic ring is 1. The third-order valence-electron chi connectivity index (χ3n) is 6.72. The van der Waals surface area contributed by atoms with E-state index in [4.69, 9.17) is 16.2 Å². The summed E-state index contributed by atoms with van der Waals surface area (Å²) in [4.78, 5) is 48.2. The maximum absolute atomic E-state index is 13.1. The van der Waals surface area contributed by atoms with Crippen LogP contribution in [0.1, 0.15) is 24.0 Å². The average molecular weight is 593 g/mol. The van der Waals surface area contributed by atoms with Gasteiger partial charge >= 0.3 is 10.2 Å². The second-order valence-electron chi connectivity index (χ2n) is 9.71. The zero-order valence-electron chi connectivity index (χ0n) is 22.2. The van der Waals surface area contributed by atoms with Gasteiger partial charge in [-0.05, 0) is 36.1 Å². The van der Waals surface area contributed by atoms with E-state index >= 15 is 0 Å². The van der Waals surface area contributed by atoms with Gasteiger partial charge in [-0.25, -0.2) is 0 Å². The fourth-order valence-electron chi connectivity index (χ4n) is 4.70. The molecule has 1 saturated heterocycles. The highest BCUT2D eigenvalue weighted by Crippen LogP contribution is 2.20. The molecular weight excluding hydrogens is 559 g/mol. The third kappa shape index (κ3) is 7.87. The van der Waals surface area contributed by atoms with Crippen molar-refractivity contribution >= 4 is 39.0 Å². The number of fused-ring (bicyclic) bond motifs is 1. The van der Waals surface area contributed by atoms with E-state index in [2.05, 4.69) is 25.6 Å². The monoisotopic (exact) mass is 592 g/mol. The van der Waals surface area contributed by atoms with Crippen molar-refractivity contribution in [1.82, 2.24) is 30.5 Å².